The van der Waals surface area contributed by atoms with E-state index in [4.69, 9.17) is 9.47 Å². The van der Waals surface area contributed by atoms with Crippen molar-refractivity contribution in [3.05, 3.63) is 75.3 Å². The molecule has 3 rings (SSSR count). The summed E-state index contributed by atoms with van der Waals surface area (Å²) in [7, 11) is 0. The van der Waals surface area contributed by atoms with E-state index in [1.165, 1.54) is 12.1 Å². The maximum atomic E-state index is 12.9. The predicted molar refractivity (Wildman–Crippen MR) is 113 cm³/mol. The number of urea groups is 1. The Morgan fingerprint density at radius 3 is 2.55 bits per heavy atom. The summed E-state index contributed by atoms with van der Waals surface area (Å²) >= 11 is 0. The Kier molecular flexibility index (Phi) is 6.86. The van der Waals surface area contributed by atoms with Gasteiger partial charge in [0.15, 0.2) is 5.75 Å². The first-order valence-electron chi connectivity index (χ1n) is 9.91. The minimum absolute atomic E-state index is 0.126. The summed E-state index contributed by atoms with van der Waals surface area (Å²) in [5.41, 5.74) is 1.18. The van der Waals surface area contributed by atoms with E-state index in [2.05, 4.69) is 10.6 Å². The van der Waals surface area contributed by atoms with Crippen LogP contribution in [0.15, 0.2) is 54.1 Å². The molecule has 0 saturated carbocycles. The zero-order valence-electron chi connectivity index (χ0n) is 17.2. The van der Waals surface area contributed by atoms with E-state index >= 15 is 0 Å². The SMILES string of the molecule is CCCOc1ccc(C2NC(=O)NC(c3ccccc3)=C2C(=O)OCC)cc1[N+](=O)[O-]. The second-order valence-electron chi connectivity index (χ2n) is 6.74. The van der Waals surface area contributed by atoms with Gasteiger partial charge in [0.1, 0.15) is 0 Å². The Morgan fingerprint density at radius 1 is 1.16 bits per heavy atom. The van der Waals surface area contributed by atoms with E-state index in [9.17, 15) is 19.7 Å². The maximum absolute atomic E-state index is 12.9. The van der Waals surface area contributed by atoms with E-state index in [1.54, 1.807) is 37.3 Å². The number of nitrogens with one attached hydrogen (secondary N) is 2. The van der Waals surface area contributed by atoms with Crippen molar-refractivity contribution < 1.29 is 24.0 Å². The minimum atomic E-state index is -0.943. The molecule has 9 heteroatoms. The van der Waals surface area contributed by atoms with Crippen LogP contribution in [-0.2, 0) is 9.53 Å². The number of carbonyl (C=O) groups is 2. The Bertz CT molecular complexity index is 1020. The number of esters is 1. The number of ether oxygens (including phenoxy) is 2. The lowest BCUT2D eigenvalue weighted by Gasteiger charge is -2.29. The van der Waals surface area contributed by atoms with E-state index in [-0.39, 0.29) is 23.6 Å². The highest BCUT2D eigenvalue weighted by Crippen LogP contribution is 2.36. The summed E-state index contributed by atoms with van der Waals surface area (Å²) in [6.07, 6.45) is 0.694. The third kappa shape index (κ3) is 4.82. The lowest BCUT2D eigenvalue weighted by atomic mass is 9.92. The van der Waals surface area contributed by atoms with Crippen molar-refractivity contribution >= 4 is 23.4 Å². The number of hydrogen-bond donors (Lipinski definition) is 2. The van der Waals surface area contributed by atoms with Crippen LogP contribution in [-0.4, -0.2) is 30.1 Å². The third-order valence-electron chi connectivity index (χ3n) is 4.60. The maximum Gasteiger partial charge on any atom is 0.338 e. The molecule has 1 atom stereocenters. The smallest absolute Gasteiger partial charge is 0.338 e. The number of carbonyl (C=O) groups excluding carboxylic acids is 2. The summed E-state index contributed by atoms with van der Waals surface area (Å²) in [6, 6.07) is 11.8. The molecule has 0 fully saturated rings. The van der Waals surface area contributed by atoms with Crippen molar-refractivity contribution in [3.8, 4) is 5.75 Å². The minimum Gasteiger partial charge on any atom is -0.487 e. The average Bonchev–Trinajstić information content (AvgIpc) is 2.77. The molecule has 162 valence electrons. The second kappa shape index (κ2) is 9.75. The molecular weight excluding hydrogens is 402 g/mol. The molecule has 0 spiro atoms. The van der Waals surface area contributed by atoms with Crippen molar-refractivity contribution in [2.24, 2.45) is 0 Å². The van der Waals surface area contributed by atoms with Gasteiger partial charge in [-0.1, -0.05) is 43.3 Å². The van der Waals surface area contributed by atoms with Gasteiger partial charge in [0, 0.05) is 6.07 Å². The summed E-state index contributed by atoms with van der Waals surface area (Å²) in [4.78, 5) is 36.3. The molecule has 1 aliphatic rings. The van der Waals surface area contributed by atoms with Gasteiger partial charge in [-0.3, -0.25) is 10.1 Å². The molecule has 0 saturated heterocycles. The van der Waals surface area contributed by atoms with Gasteiger partial charge in [-0.25, -0.2) is 9.59 Å². The normalized spacial score (nSPS) is 15.7. The van der Waals surface area contributed by atoms with Gasteiger partial charge >= 0.3 is 17.7 Å². The van der Waals surface area contributed by atoms with Crippen LogP contribution in [0.5, 0.6) is 5.75 Å². The molecule has 2 aromatic carbocycles. The molecule has 0 aliphatic carbocycles. The molecule has 1 heterocycles. The first-order valence-corrected chi connectivity index (χ1v) is 9.91. The fourth-order valence-corrected chi connectivity index (χ4v) is 3.27. The third-order valence-corrected chi connectivity index (χ3v) is 4.60. The van der Waals surface area contributed by atoms with Gasteiger partial charge in [0.05, 0.1) is 35.4 Å². The van der Waals surface area contributed by atoms with Crippen molar-refractivity contribution in [1.82, 2.24) is 10.6 Å². The highest BCUT2D eigenvalue weighted by Gasteiger charge is 2.35. The van der Waals surface area contributed by atoms with Crippen LogP contribution in [0.4, 0.5) is 10.5 Å². The molecule has 2 aromatic rings. The molecule has 31 heavy (non-hydrogen) atoms. The van der Waals surface area contributed by atoms with E-state index in [0.717, 1.165) is 0 Å². The number of hydrogen-bond acceptors (Lipinski definition) is 6. The number of nitro benzene ring substituents is 1. The average molecular weight is 425 g/mol. The van der Waals surface area contributed by atoms with Crippen LogP contribution < -0.4 is 15.4 Å². The lowest BCUT2D eigenvalue weighted by molar-refractivity contribution is -0.385. The fourth-order valence-electron chi connectivity index (χ4n) is 3.27. The standard InChI is InChI=1S/C22H23N3O6/c1-3-12-31-17-11-10-15(13-16(17)25(28)29)20-18(21(26)30-4-2)19(23-22(27)24-20)14-8-6-5-7-9-14/h5-11,13,20H,3-4,12H2,1-2H3,(H2,23,24,27). The molecule has 1 unspecified atom stereocenters. The molecule has 9 nitrogen and oxygen atoms in total. The van der Waals surface area contributed by atoms with Crippen LogP contribution in [0.25, 0.3) is 5.70 Å². The van der Waals surface area contributed by atoms with E-state index in [0.29, 0.717) is 29.9 Å². The van der Waals surface area contributed by atoms with Gasteiger partial charge in [0.2, 0.25) is 0 Å². The Labute approximate surface area is 179 Å². The first kappa shape index (κ1) is 21.8. The largest absolute Gasteiger partial charge is 0.487 e. The molecule has 2 N–H and O–H groups in total. The van der Waals surface area contributed by atoms with Crippen molar-refractivity contribution in [3.63, 3.8) is 0 Å². The second-order valence-corrected chi connectivity index (χ2v) is 6.74. The number of rotatable bonds is 8. The zero-order valence-corrected chi connectivity index (χ0v) is 17.2. The number of nitrogens with zero attached hydrogens (tertiary/aromatic N) is 1. The summed E-state index contributed by atoms with van der Waals surface area (Å²) in [5.74, 6) is -0.506. The lowest BCUT2D eigenvalue weighted by Crippen LogP contribution is -2.45. The van der Waals surface area contributed by atoms with Crippen molar-refractivity contribution in [2.75, 3.05) is 13.2 Å². The molecule has 2 amide bonds. The topological polar surface area (TPSA) is 120 Å². The van der Waals surface area contributed by atoms with Crippen molar-refractivity contribution in [2.45, 2.75) is 26.3 Å². The van der Waals surface area contributed by atoms with Crippen LogP contribution in [0.2, 0.25) is 0 Å². The molecule has 1 aliphatic heterocycles. The molecular formula is C22H23N3O6. The zero-order chi connectivity index (χ0) is 22.4. The summed E-state index contributed by atoms with van der Waals surface area (Å²) in [6.45, 7) is 4.03. The van der Waals surface area contributed by atoms with Gasteiger partial charge in [-0.05, 0) is 30.5 Å². The van der Waals surface area contributed by atoms with Crippen LogP contribution in [0.1, 0.15) is 37.4 Å². The van der Waals surface area contributed by atoms with E-state index in [1.807, 2.05) is 13.0 Å². The van der Waals surface area contributed by atoms with Crippen LogP contribution in [0, 0.1) is 10.1 Å². The molecule has 0 aromatic heterocycles. The fraction of sp³-hybridized carbons (Fsp3) is 0.273. The van der Waals surface area contributed by atoms with Gasteiger partial charge in [-0.15, -0.1) is 0 Å². The Morgan fingerprint density at radius 2 is 1.90 bits per heavy atom. The van der Waals surface area contributed by atoms with Crippen LogP contribution in [0.3, 0.4) is 0 Å². The Hall–Kier alpha value is -3.88. The highest BCUT2D eigenvalue weighted by atomic mass is 16.6. The predicted octanol–water partition coefficient (Wildman–Crippen LogP) is 3.71. The Balaban J connectivity index is 2.15. The number of nitro groups is 1. The molecule has 0 radical (unpaired) electrons. The van der Waals surface area contributed by atoms with Crippen molar-refractivity contribution in [1.29, 1.82) is 0 Å². The van der Waals surface area contributed by atoms with Gasteiger partial charge < -0.3 is 20.1 Å². The summed E-state index contributed by atoms with van der Waals surface area (Å²) < 4.78 is 10.7. The highest BCUT2D eigenvalue weighted by molar-refractivity contribution is 6.04. The summed E-state index contributed by atoms with van der Waals surface area (Å²) in [5, 5.41) is 17.0. The quantitative estimate of drug-likeness (QED) is 0.378. The van der Waals surface area contributed by atoms with E-state index < -0.39 is 23.0 Å². The monoisotopic (exact) mass is 425 g/mol. The molecule has 0 bridgehead atoms. The first-order chi connectivity index (χ1) is 15.0. The van der Waals surface area contributed by atoms with Crippen LogP contribution >= 0.6 is 0 Å². The van der Waals surface area contributed by atoms with Gasteiger partial charge in [0.25, 0.3) is 0 Å². The number of benzene rings is 2. The number of amides is 2. The van der Waals surface area contributed by atoms with Gasteiger partial charge in [-0.2, -0.15) is 0 Å².